The van der Waals surface area contributed by atoms with E-state index in [1.807, 2.05) is 6.08 Å². The number of rotatable bonds is 0. The Morgan fingerprint density at radius 2 is 2.00 bits per heavy atom. The average Bonchev–Trinajstić information content (AvgIpc) is 2.24. The zero-order chi connectivity index (χ0) is 9.54. The van der Waals surface area contributed by atoms with E-state index in [4.69, 9.17) is 0 Å². The largest absolute Gasteiger partial charge is 0.245 e. The van der Waals surface area contributed by atoms with Crippen molar-refractivity contribution in [3.05, 3.63) is 22.9 Å². The lowest BCUT2D eigenvalue weighted by atomic mass is 10.3. The van der Waals surface area contributed by atoms with Crippen molar-refractivity contribution in [2.24, 2.45) is 20.0 Å². The van der Waals surface area contributed by atoms with E-state index < -0.39 is 0 Å². The fraction of sp³-hybridized carbons (Fsp3) is 0. The van der Waals surface area contributed by atoms with Gasteiger partial charge in [0.25, 0.3) is 0 Å². The molecule has 0 N–H and O–H groups in total. The van der Waals surface area contributed by atoms with Crippen molar-refractivity contribution in [3.63, 3.8) is 0 Å². The summed E-state index contributed by atoms with van der Waals surface area (Å²) in [7, 11) is 0. The molecule has 0 bridgehead atoms. The van der Waals surface area contributed by atoms with Gasteiger partial charge in [0, 0.05) is 17.3 Å². The minimum atomic E-state index is 0.580. The van der Waals surface area contributed by atoms with E-state index in [1.165, 1.54) is 6.34 Å². The zero-order valence-corrected chi connectivity index (χ0v) is 7.89. The van der Waals surface area contributed by atoms with E-state index in [-0.39, 0.29) is 0 Å². The summed E-state index contributed by atoms with van der Waals surface area (Å²) in [4.78, 5) is 18.9. The minimum Gasteiger partial charge on any atom is -0.245 e. The van der Waals surface area contributed by atoms with Crippen LogP contribution < -0.4 is 0 Å². The van der Waals surface area contributed by atoms with Crippen molar-refractivity contribution < 1.29 is 0 Å². The van der Waals surface area contributed by atoms with E-state index in [1.54, 1.807) is 17.3 Å². The van der Waals surface area contributed by atoms with Crippen molar-refractivity contribution in [1.29, 1.82) is 0 Å². The first-order valence-corrected chi connectivity index (χ1v) is 4.43. The van der Waals surface area contributed by atoms with Crippen molar-refractivity contribution in [2.45, 2.75) is 0 Å². The molecule has 14 heavy (non-hydrogen) atoms. The second kappa shape index (κ2) is 2.65. The standard InChI is InChI=1S/C8H5N5S/c14-6-3-10-8-12-4-11-7-9-2-1-5(6)13(7)8/h1-4,14H. The average molecular weight is 203 g/mol. The lowest BCUT2D eigenvalue weighted by molar-refractivity contribution is 0.733. The highest BCUT2D eigenvalue weighted by Crippen LogP contribution is 2.27. The zero-order valence-electron chi connectivity index (χ0n) is 6.99. The monoisotopic (exact) mass is 203 g/mol. The first-order valence-electron chi connectivity index (χ1n) is 3.98. The maximum absolute atomic E-state index is 4.30. The molecule has 3 aliphatic heterocycles. The summed E-state index contributed by atoms with van der Waals surface area (Å²) in [5, 5.41) is 0. The predicted molar refractivity (Wildman–Crippen MR) is 58.8 cm³/mol. The molecule has 0 aliphatic carbocycles. The number of nitrogens with zero attached hydrogens (tertiary/aromatic N) is 5. The molecule has 0 fully saturated rings. The van der Waals surface area contributed by atoms with Crippen LogP contribution in [-0.4, -0.2) is 29.4 Å². The summed E-state index contributed by atoms with van der Waals surface area (Å²) in [5.41, 5.74) is 0.906. The van der Waals surface area contributed by atoms with Gasteiger partial charge < -0.3 is 0 Å². The molecular formula is C8H5N5S. The highest BCUT2D eigenvalue weighted by Gasteiger charge is 2.28. The number of allylic oxidation sites excluding steroid dienone is 1. The molecule has 0 aromatic heterocycles. The van der Waals surface area contributed by atoms with Crippen LogP contribution in [0.25, 0.3) is 0 Å². The second-order valence-electron chi connectivity index (χ2n) is 2.78. The predicted octanol–water partition coefficient (Wildman–Crippen LogP) is 0.795. The van der Waals surface area contributed by atoms with Gasteiger partial charge in [0.2, 0.25) is 11.9 Å². The third kappa shape index (κ3) is 0.912. The van der Waals surface area contributed by atoms with E-state index >= 15 is 0 Å². The maximum atomic E-state index is 4.30. The Labute approximate surface area is 85.4 Å². The Bertz CT molecular complexity index is 480. The van der Waals surface area contributed by atoms with Crippen molar-refractivity contribution in [1.82, 2.24) is 4.90 Å². The number of guanidine groups is 2. The third-order valence-electron chi connectivity index (χ3n) is 1.97. The molecule has 0 radical (unpaired) electrons. The van der Waals surface area contributed by atoms with Crippen LogP contribution in [0.4, 0.5) is 0 Å². The molecular weight excluding hydrogens is 198 g/mol. The minimum absolute atomic E-state index is 0.580. The van der Waals surface area contributed by atoms with Crippen LogP contribution >= 0.6 is 12.6 Å². The molecule has 3 aliphatic rings. The van der Waals surface area contributed by atoms with Gasteiger partial charge in [0.05, 0.1) is 5.70 Å². The Hall–Kier alpha value is -1.69. The van der Waals surface area contributed by atoms with Gasteiger partial charge >= 0.3 is 0 Å². The van der Waals surface area contributed by atoms with Gasteiger partial charge in [-0.1, -0.05) is 0 Å². The van der Waals surface area contributed by atoms with Crippen LogP contribution in [0, 0.1) is 0 Å². The fourth-order valence-corrected chi connectivity index (χ4v) is 1.60. The van der Waals surface area contributed by atoms with Crippen LogP contribution in [0.3, 0.4) is 0 Å². The topological polar surface area (TPSA) is 52.7 Å². The van der Waals surface area contributed by atoms with Gasteiger partial charge in [-0.25, -0.2) is 24.9 Å². The van der Waals surface area contributed by atoms with Crippen LogP contribution in [0.1, 0.15) is 0 Å². The summed E-state index contributed by atoms with van der Waals surface area (Å²) in [6.07, 6.45) is 6.66. The number of thiol groups is 1. The number of hydrogen-bond acceptors (Lipinski definition) is 6. The highest BCUT2D eigenvalue weighted by atomic mass is 32.1. The SMILES string of the molecule is SC1=CN=C2N=CN=C3N=CC=C1N32. The molecule has 0 spiro atoms. The summed E-state index contributed by atoms with van der Waals surface area (Å²) in [5.74, 6) is 1.16. The molecule has 0 saturated carbocycles. The van der Waals surface area contributed by atoms with Crippen LogP contribution in [0.5, 0.6) is 0 Å². The lowest BCUT2D eigenvalue weighted by Crippen LogP contribution is -2.39. The smallest absolute Gasteiger partial charge is 0.238 e. The van der Waals surface area contributed by atoms with Gasteiger partial charge in [-0.3, -0.25) is 0 Å². The Morgan fingerprint density at radius 3 is 2.93 bits per heavy atom. The molecule has 0 aromatic rings. The molecule has 0 aromatic carbocycles. The summed E-state index contributed by atoms with van der Waals surface area (Å²) < 4.78 is 0. The van der Waals surface area contributed by atoms with Gasteiger partial charge in [-0.05, 0) is 6.08 Å². The van der Waals surface area contributed by atoms with Gasteiger partial charge in [-0.15, -0.1) is 12.6 Å². The second-order valence-corrected chi connectivity index (χ2v) is 3.26. The van der Waals surface area contributed by atoms with Crippen molar-refractivity contribution in [2.75, 3.05) is 0 Å². The summed E-state index contributed by atoms with van der Waals surface area (Å²) in [6.45, 7) is 0. The highest BCUT2D eigenvalue weighted by molar-refractivity contribution is 7.84. The number of hydrogen-bond donors (Lipinski definition) is 1. The lowest BCUT2D eigenvalue weighted by Gasteiger charge is -2.30. The molecule has 6 heteroatoms. The normalized spacial score (nSPS) is 22.2. The fourth-order valence-electron chi connectivity index (χ4n) is 1.37. The molecule has 3 heterocycles. The van der Waals surface area contributed by atoms with E-state index in [2.05, 4.69) is 32.6 Å². The van der Waals surface area contributed by atoms with Gasteiger partial charge in [0.1, 0.15) is 6.34 Å². The van der Waals surface area contributed by atoms with E-state index in [0.29, 0.717) is 11.9 Å². The van der Waals surface area contributed by atoms with Gasteiger partial charge in [0.15, 0.2) is 0 Å². The molecule has 0 saturated heterocycles. The third-order valence-corrected chi connectivity index (χ3v) is 2.32. The number of aliphatic imine (C=N–C) groups is 4. The quantitative estimate of drug-likeness (QED) is 0.581. The molecule has 0 amide bonds. The van der Waals surface area contributed by atoms with Crippen LogP contribution in [-0.2, 0) is 0 Å². The Kier molecular flexibility index (Phi) is 1.45. The molecule has 3 rings (SSSR count). The molecule has 68 valence electrons. The van der Waals surface area contributed by atoms with Gasteiger partial charge in [-0.2, -0.15) is 0 Å². The Morgan fingerprint density at radius 1 is 1.14 bits per heavy atom. The first kappa shape index (κ1) is 7.69. The molecule has 5 nitrogen and oxygen atoms in total. The first-order chi connectivity index (χ1) is 6.86. The summed E-state index contributed by atoms with van der Waals surface area (Å²) >= 11 is 4.30. The van der Waals surface area contributed by atoms with Crippen LogP contribution in [0.15, 0.2) is 42.8 Å². The van der Waals surface area contributed by atoms with E-state index in [0.717, 1.165) is 10.6 Å². The van der Waals surface area contributed by atoms with E-state index in [9.17, 15) is 0 Å². The summed E-state index contributed by atoms with van der Waals surface area (Å²) in [6, 6.07) is 0. The van der Waals surface area contributed by atoms with Crippen LogP contribution in [0.2, 0.25) is 0 Å². The van der Waals surface area contributed by atoms with Crippen molar-refractivity contribution in [3.8, 4) is 0 Å². The Balaban J connectivity index is 2.24. The maximum Gasteiger partial charge on any atom is 0.238 e. The molecule has 0 atom stereocenters. The molecule has 0 unspecified atom stereocenters. The van der Waals surface area contributed by atoms with Crippen molar-refractivity contribution >= 4 is 37.1 Å².